The van der Waals surface area contributed by atoms with Gasteiger partial charge in [-0.1, -0.05) is 0 Å². The van der Waals surface area contributed by atoms with Crippen molar-refractivity contribution in [3.8, 4) is 5.13 Å². The average molecular weight is 473 g/mol. The quantitative estimate of drug-likeness (QED) is 0.488. The summed E-state index contributed by atoms with van der Waals surface area (Å²) in [6, 6.07) is 1.97. The monoisotopic (exact) mass is 472 g/mol. The first-order valence-electron chi connectivity index (χ1n) is 10.8. The molecule has 0 saturated carbocycles. The summed E-state index contributed by atoms with van der Waals surface area (Å²) in [5, 5.41) is 10.2. The van der Waals surface area contributed by atoms with Crippen LogP contribution in [-0.2, 0) is 9.57 Å². The number of ether oxygens (including phenoxy) is 1. The molecule has 0 aliphatic carbocycles. The molecule has 2 saturated heterocycles. The Hall–Kier alpha value is -2.93. The van der Waals surface area contributed by atoms with E-state index in [0.717, 1.165) is 31.0 Å². The van der Waals surface area contributed by atoms with Crippen molar-refractivity contribution in [2.45, 2.75) is 38.3 Å². The maximum atomic E-state index is 12.9. The molecule has 2 fully saturated rings. The zero-order valence-electron chi connectivity index (χ0n) is 18.1. The topological polar surface area (TPSA) is 132 Å². The molecule has 2 aliphatic rings. The highest BCUT2D eigenvalue weighted by molar-refractivity contribution is 7.08. The molecule has 11 nitrogen and oxygen atoms in total. The van der Waals surface area contributed by atoms with Crippen LogP contribution in [0.5, 0.6) is 0 Å². The van der Waals surface area contributed by atoms with Gasteiger partial charge in [0.25, 0.3) is 0 Å². The number of fused-ring (bicyclic) bond motifs is 1. The molecule has 174 valence electrons. The Labute approximate surface area is 193 Å². The lowest BCUT2D eigenvalue weighted by molar-refractivity contribution is -0.0799. The number of aromatic nitrogens is 4. The van der Waals surface area contributed by atoms with E-state index >= 15 is 0 Å². The van der Waals surface area contributed by atoms with E-state index in [1.54, 1.807) is 6.92 Å². The fraction of sp³-hybridized carbons (Fsp3) is 0.476. The minimum absolute atomic E-state index is 0.153. The maximum absolute atomic E-state index is 12.9. The minimum Gasteiger partial charge on any atom is -0.477 e. The number of nitrogens with zero attached hydrogens (tertiary/aromatic N) is 5. The van der Waals surface area contributed by atoms with Crippen molar-refractivity contribution < 1.29 is 19.5 Å². The molecule has 0 spiro atoms. The SMILES string of the molecule is Cc1cc(N2CC(NOCC3CCCCO3)C2)nc2c1c(=O)c(C(=O)O)cn2-c1ncns1. The van der Waals surface area contributed by atoms with E-state index < -0.39 is 11.4 Å². The summed E-state index contributed by atoms with van der Waals surface area (Å²) in [7, 11) is 0. The summed E-state index contributed by atoms with van der Waals surface area (Å²) < 4.78 is 11.2. The summed E-state index contributed by atoms with van der Waals surface area (Å²) in [4.78, 5) is 41.1. The van der Waals surface area contributed by atoms with Crippen LogP contribution in [0.15, 0.2) is 23.4 Å². The number of nitrogens with one attached hydrogen (secondary N) is 1. The smallest absolute Gasteiger partial charge is 0.341 e. The van der Waals surface area contributed by atoms with Crippen molar-refractivity contribution in [2.75, 3.05) is 31.2 Å². The van der Waals surface area contributed by atoms with E-state index in [1.165, 1.54) is 23.5 Å². The van der Waals surface area contributed by atoms with Gasteiger partial charge in [0.05, 0.1) is 24.1 Å². The Balaban J connectivity index is 1.36. The molecule has 2 aliphatic heterocycles. The number of rotatable bonds is 7. The molecule has 33 heavy (non-hydrogen) atoms. The van der Waals surface area contributed by atoms with Crippen LogP contribution < -0.4 is 15.8 Å². The van der Waals surface area contributed by atoms with Crippen LogP contribution in [0.25, 0.3) is 16.2 Å². The summed E-state index contributed by atoms with van der Waals surface area (Å²) >= 11 is 1.09. The van der Waals surface area contributed by atoms with E-state index in [0.29, 0.717) is 41.9 Å². The average Bonchev–Trinajstić information content (AvgIpc) is 3.30. The van der Waals surface area contributed by atoms with Gasteiger partial charge in [0.2, 0.25) is 10.6 Å². The standard InChI is InChI=1S/C21H24N6O5S/c1-12-6-16(26-7-13(8-26)25-32-10-14-4-2-3-5-31-14)24-19-17(12)18(28)15(20(29)30)9-27(19)21-22-11-23-33-21/h6,9,11,13-14,25H,2-5,7-8,10H2,1H3,(H,29,30). The normalized spacial score (nSPS) is 19.1. The van der Waals surface area contributed by atoms with Gasteiger partial charge in [0.1, 0.15) is 17.7 Å². The van der Waals surface area contributed by atoms with Crippen molar-refractivity contribution in [1.82, 2.24) is 24.4 Å². The number of carboxylic acids is 1. The van der Waals surface area contributed by atoms with Gasteiger partial charge in [-0.2, -0.15) is 9.85 Å². The molecule has 5 heterocycles. The van der Waals surface area contributed by atoms with Gasteiger partial charge in [0.15, 0.2) is 5.65 Å². The molecule has 1 unspecified atom stereocenters. The Morgan fingerprint density at radius 3 is 2.94 bits per heavy atom. The zero-order valence-corrected chi connectivity index (χ0v) is 18.9. The highest BCUT2D eigenvalue weighted by atomic mass is 32.1. The molecule has 0 amide bonds. The first kappa shape index (κ1) is 21.9. The van der Waals surface area contributed by atoms with Crippen LogP contribution in [0.1, 0.15) is 35.2 Å². The molecule has 0 aromatic carbocycles. The molecular formula is C21H24N6O5S. The Morgan fingerprint density at radius 2 is 2.24 bits per heavy atom. The number of carbonyl (C=O) groups is 1. The van der Waals surface area contributed by atoms with Crippen LogP contribution in [0.2, 0.25) is 0 Å². The lowest BCUT2D eigenvalue weighted by Crippen LogP contribution is -2.58. The largest absolute Gasteiger partial charge is 0.477 e. The molecule has 2 N–H and O–H groups in total. The second-order valence-corrected chi connectivity index (χ2v) is 9.04. The van der Waals surface area contributed by atoms with E-state index in [9.17, 15) is 14.7 Å². The number of aryl methyl sites for hydroxylation is 1. The van der Waals surface area contributed by atoms with Crippen LogP contribution in [0.4, 0.5) is 5.82 Å². The molecule has 12 heteroatoms. The van der Waals surface area contributed by atoms with E-state index in [2.05, 4.69) is 19.7 Å². The van der Waals surface area contributed by atoms with Crippen molar-refractivity contribution >= 4 is 34.4 Å². The number of aromatic carboxylic acids is 1. The van der Waals surface area contributed by atoms with Gasteiger partial charge in [-0.05, 0) is 37.8 Å². The number of anilines is 1. The second-order valence-electron chi connectivity index (χ2n) is 8.29. The third kappa shape index (κ3) is 4.34. The van der Waals surface area contributed by atoms with Crippen LogP contribution in [-0.4, -0.2) is 68.4 Å². The van der Waals surface area contributed by atoms with Crippen LogP contribution in [0.3, 0.4) is 0 Å². The predicted octanol–water partition coefficient (Wildman–Crippen LogP) is 1.52. The van der Waals surface area contributed by atoms with Crippen LogP contribution in [0, 0.1) is 6.92 Å². The fourth-order valence-electron chi connectivity index (χ4n) is 4.15. The minimum atomic E-state index is -1.29. The van der Waals surface area contributed by atoms with Gasteiger partial charge < -0.3 is 14.7 Å². The number of hydrogen-bond donors (Lipinski definition) is 2. The summed E-state index contributed by atoms with van der Waals surface area (Å²) in [5.41, 5.74) is 3.22. The van der Waals surface area contributed by atoms with Gasteiger partial charge in [-0.15, -0.1) is 0 Å². The first-order valence-corrected chi connectivity index (χ1v) is 11.6. The van der Waals surface area contributed by atoms with Gasteiger partial charge >= 0.3 is 5.97 Å². The Bertz CT molecular complexity index is 1220. The number of hydroxylamine groups is 1. The first-order chi connectivity index (χ1) is 16.0. The molecule has 3 aromatic heterocycles. The van der Waals surface area contributed by atoms with Crippen molar-refractivity contribution in [3.63, 3.8) is 0 Å². The highest BCUT2D eigenvalue weighted by Gasteiger charge is 2.30. The molecular weight excluding hydrogens is 448 g/mol. The predicted molar refractivity (Wildman–Crippen MR) is 121 cm³/mol. The highest BCUT2D eigenvalue weighted by Crippen LogP contribution is 2.26. The Kier molecular flexibility index (Phi) is 6.06. The van der Waals surface area contributed by atoms with Crippen molar-refractivity contribution in [1.29, 1.82) is 0 Å². The molecule has 0 bridgehead atoms. The summed E-state index contributed by atoms with van der Waals surface area (Å²) in [5.74, 6) is -0.590. The van der Waals surface area contributed by atoms with Gasteiger partial charge in [0, 0.05) is 37.4 Å². The third-order valence-corrected chi connectivity index (χ3v) is 6.59. The van der Waals surface area contributed by atoms with Gasteiger partial charge in [-0.25, -0.2) is 14.8 Å². The van der Waals surface area contributed by atoms with E-state index in [4.69, 9.17) is 14.6 Å². The molecule has 3 aromatic rings. The number of hydrogen-bond acceptors (Lipinski definition) is 10. The lowest BCUT2D eigenvalue weighted by atomic mass is 10.1. The Morgan fingerprint density at radius 1 is 1.39 bits per heavy atom. The fourth-order valence-corrected chi connectivity index (χ4v) is 4.66. The van der Waals surface area contributed by atoms with Crippen molar-refractivity contribution in [3.05, 3.63) is 39.9 Å². The van der Waals surface area contributed by atoms with E-state index in [-0.39, 0.29) is 23.1 Å². The lowest BCUT2D eigenvalue weighted by Gasteiger charge is -2.40. The molecule has 0 radical (unpaired) electrons. The zero-order chi connectivity index (χ0) is 22.9. The molecule has 5 rings (SSSR count). The third-order valence-electron chi connectivity index (χ3n) is 5.93. The maximum Gasteiger partial charge on any atom is 0.341 e. The number of carboxylic acid groups (broad SMARTS) is 1. The van der Waals surface area contributed by atoms with Gasteiger partial charge in [-0.3, -0.25) is 14.2 Å². The summed E-state index contributed by atoms with van der Waals surface area (Å²) in [6.07, 6.45) is 6.12. The second kappa shape index (κ2) is 9.14. The van der Waals surface area contributed by atoms with E-state index in [1.807, 2.05) is 6.07 Å². The van der Waals surface area contributed by atoms with Crippen LogP contribution >= 0.6 is 11.5 Å². The number of pyridine rings is 2. The van der Waals surface area contributed by atoms with Crippen molar-refractivity contribution in [2.24, 2.45) is 0 Å². The molecule has 1 atom stereocenters. The summed E-state index contributed by atoms with van der Waals surface area (Å²) in [6.45, 7) is 4.51.